The summed E-state index contributed by atoms with van der Waals surface area (Å²) < 4.78 is 2.04. The summed E-state index contributed by atoms with van der Waals surface area (Å²) in [4.78, 5) is 23.6. The van der Waals surface area contributed by atoms with Gasteiger partial charge in [0.25, 0.3) is 5.91 Å². The van der Waals surface area contributed by atoms with Gasteiger partial charge in [0.1, 0.15) is 12.6 Å². The molecule has 1 N–H and O–H groups in total. The van der Waals surface area contributed by atoms with Gasteiger partial charge in [-0.1, -0.05) is 0 Å². The predicted octanol–water partition coefficient (Wildman–Crippen LogP) is -0.451. The lowest BCUT2D eigenvalue weighted by molar-refractivity contribution is -0.697. The second-order valence-electron chi connectivity index (χ2n) is 5.77. The summed E-state index contributed by atoms with van der Waals surface area (Å²) in [5.74, 6) is -1.23. The largest absolute Gasteiger partial charge is 0.550 e. The minimum atomic E-state index is -0.998. The molecule has 2 rings (SSSR count). The van der Waals surface area contributed by atoms with Crippen LogP contribution < -0.4 is 9.67 Å². The Hall–Kier alpha value is -1.95. The standard InChI is InChI=1S/C16H22N2O4/c1-17-13(10-14(19)16(17)22)12-6-5-9-18(11-12)8-4-2-3-7-15(20)21/h5-6,9,11,13-14,19H,2-4,7-8,10H2,1H3/t13?,14-/m1/s1. The normalized spacial score (nSPS) is 21.4. The third kappa shape index (κ3) is 4.04. The Kier molecular flexibility index (Phi) is 5.49. The van der Waals surface area contributed by atoms with E-state index in [1.165, 1.54) is 0 Å². The first-order chi connectivity index (χ1) is 10.5. The van der Waals surface area contributed by atoms with Crippen molar-refractivity contribution >= 4 is 11.9 Å². The molecule has 1 fully saturated rings. The molecule has 1 unspecified atom stereocenters. The zero-order valence-corrected chi connectivity index (χ0v) is 12.8. The van der Waals surface area contributed by atoms with Crippen LogP contribution in [0.4, 0.5) is 0 Å². The SMILES string of the molecule is CN1C(=O)[C@H](O)CC1c1ccc[n+](CCCCCC(=O)[O-])c1. The predicted molar refractivity (Wildman–Crippen MR) is 76.2 cm³/mol. The summed E-state index contributed by atoms with van der Waals surface area (Å²) in [6.45, 7) is 0.799. The number of aliphatic hydroxyl groups is 1. The minimum Gasteiger partial charge on any atom is -0.550 e. The molecule has 6 heteroatoms. The van der Waals surface area contributed by atoms with Crippen LogP contribution in [0.5, 0.6) is 0 Å². The molecule has 22 heavy (non-hydrogen) atoms. The first-order valence-electron chi connectivity index (χ1n) is 7.62. The van der Waals surface area contributed by atoms with E-state index in [0.717, 1.165) is 24.9 Å². The molecule has 1 aromatic rings. The highest BCUT2D eigenvalue weighted by molar-refractivity contribution is 5.83. The van der Waals surface area contributed by atoms with Gasteiger partial charge in [0.15, 0.2) is 12.4 Å². The van der Waals surface area contributed by atoms with Crippen molar-refractivity contribution in [3.05, 3.63) is 30.1 Å². The summed E-state index contributed by atoms with van der Waals surface area (Å²) >= 11 is 0. The van der Waals surface area contributed by atoms with Crippen molar-refractivity contribution in [3.63, 3.8) is 0 Å². The number of carboxylic acids is 1. The van der Waals surface area contributed by atoms with E-state index in [1.54, 1.807) is 11.9 Å². The average molecular weight is 306 g/mol. The molecule has 6 nitrogen and oxygen atoms in total. The lowest BCUT2D eigenvalue weighted by Gasteiger charge is -2.18. The number of aryl methyl sites for hydroxylation is 1. The monoisotopic (exact) mass is 306 g/mol. The summed E-state index contributed by atoms with van der Waals surface area (Å²) in [5, 5.41) is 20.0. The highest BCUT2D eigenvalue weighted by Gasteiger charge is 2.37. The van der Waals surface area contributed by atoms with Crippen LogP contribution >= 0.6 is 0 Å². The molecule has 2 atom stereocenters. The molecule has 2 heterocycles. The van der Waals surface area contributed by atoms with Crippen molar-refractivity contribution in [1.29, 1.82) is 0 Å². The first-order valence-corrected chi connectivity index (χ1v) is 7.62. The van der Waals surface area contributed by atoms with Gasteiger partial charge >= 0.3 is 0 Å². The van der Waals surface area contributed by atoms with Gasteiger partial charge < -0.3 is 19.9 Å². The van der Waals surface area contributed by atoms with Gasteiger partial charge in [0, 0.05) is 37.5 Å². The van der Waals surface area contributed by atoms with Crippen LogP contribution in [0.3, 0.4) is 0 Å². The molecule has 1 aromatic heterocycles. The summed E-state index contributed by atoms with van der Waals surface area (Å²) in [6.07, 6.45) is 5.93. The van der Waals surface area contributed by atoms with Crippen molar-refractivity contribution in [3.8, 4) is 0 Å². The smallest absolute Gasteiger partial charge is 0.251 e. The Balaban J connectivity index is 1.90. The maximum absolute atomic E-state index is 11.7. The molecule has 0 aliphatic carbocycles. The number of pyridine rings is 1. The van der Waals surface area contributed by atoms with Crippen molar-refractivity contribution in [1.82, 2.24) is 4.90 Å². The van der Waals surface area contributed by atoms with Crippen LogP contribution in [0.1, 0.15) is 43.7 Å². The molecule has 0 spiro atoms. The number of hydrogen-bond donors (Lipinski definition) is 1. The summed E-state index contributed by atoms with van der Waals surface area (Å²) in [6, 6.07) is 3.80. The van der Waals surface area contributed by atoms with E-state index in [9.17, 15) is 19.8 Å². The number of likely N-dealkylation sites (N-methyl/N-ethyl adjacent to an activating group) is 1. The minimum absolute atomic E-state index is 0.0898. The third-order valence-electron chi connectivity index (χ3n) is 4.11. The maximum Gasteiger partial charge on any atom is 0.251 e. The third-order valence-corrected chi connectivity index (χ3v) is 4.11. The van der Waals surface area contributed by atoms with Crippen molar-refractivity contribution in [2.75, 3.05) is 7.05 Å². The van der Waals surface area contributed by atoms with Crippen molar-refractivity contribution in [2.45, 2.75) is 50.8 Å². The number of aromatic nitrogens is 1. The number of nitrogens with zero attached hydrogens (tertiary/aromatic N) is 2. The zero-order chi connectivity index (χ0) is 16.1. The number of aliphatic hydroxyl groups excluding tert-OH is 1. The fourth-order valence-corrected chi connectivity index (χ4v) is 2.84. The molecule has 1 amide bonds. The molecule has 0 saturated carbocycles. The fraction of sp³-hybridized carbons (Fsp3) is 0.562. The summed E-state index contributed by atoms with van der Waals surface area (Å²) in [5.41, 5.74) is 1.00. The van der Waals surface area contributed by atoms with E-state index in [-0.39, 0.29) is 18.4 Å². The number of carbonyl (C=O) groups excluding carboxylic acids is 2. The highest BCUT2D eigenvalue weighted by atomic mass is 16.4. The van der Waals surface area contributed by atoms with E-state index in [2.05, 4.69) is 0 Å². The molecule has 120 valence electrons. The Morgan fingerprint density at radius 1 is 1.45 bits per heavy atom. The van der Waals surface area contributed by atoms with Gasteiger partial charge in [-0.3, -0.25) is 4.79 Å². The Bertz CT molecular complexity index is 547. The molecule has 0 bridgehead atoms. The van der Waals surface area contributed by atoms with E-state index in [1.807, 2.05) is 29.1 Å². The first kappa shape index (κ1) is 16.4. The Morgan fingerprint density at radius 2 is 2.23 bits per heavy atom. The van der Waals surface area contributed by atoms with E-state index >= 15 is 0 Å². The molecule has 0 aromatic carbocycles. The number of carboxylic acid groups (broad SMARTS) is 1. The Morgan fingerprint density at radius 3 is 2.86 bits per heavy atom. The molecule has 1 saturated heterocycles. The van der Waals surface area contributed by atoms with Gasteiger partial charge in [-0.2, -0.15) is 0 Å². The van der Waals surface area contributed by atoms with Crippen LogP contribution in [0.25, 0.3) is 0 Å². The van der Waals surface area contributed by atoms with Crippen LogP contribution in [-0.4, -0.2) is 35.0 Å². The summed E-state index contributed by atoms with van der Waals surface area (Å²) in [7, 11) is 1.71. The highest BCUT2D eigenvalue weighted by Crippen LogP contribution is 2.30. The number of likely N-dealkylation sites (tertiary alicyclic amines) is 1. The van der Waals surface area contributed by atoms with Crippen LogP contribution in [0.2, 0.25) is 0 Å². The average Bonchev–Trinajstić information content (AvgIpc) is 2.74. The molecular weight excluding hydrogens is 284 g/mol. The topological polar surface area (TPSA) is 84.6 Å². The molecule has 1 aliphatic heterocycles. The number of aliphatic carboxylic acids is 1. The zero-order valence-electron chi connectivity index (χ0n) is 12.8. The molecular formula is C16H22N2O4. The van der Waals surface area contributed by atoms with Crippen LogP contribution in [0, 0.1) is 0 Å². The van der Waals surface area contributed by atoms with Crippen LogP contribution in [-0.2, 0) is 16.1 Å². The number of hydrogen-bond acceptors (Lipinski definition) is 4. The number of carbonyl (C=O) groups is 2. The van der Waals surface area contributed by atoms with Gasteiger partial charge in [-0.05, 0) is 25.3 Å². The fourth-order valence-electron chi connectivity index (χ4n) is 2.84. The molecule has 1 aliphatic rings. The van der Waals surface area contributed by atoms with E-state index in [4.69, 9.17) is 0 Å². The number of rotatable bonds is 7. The lowest BCUT2D eigenvalue weighted by Crippen LogP contribution is -2.34. The number of amides is 1. The lowest BCUT2D eigenvalue weighted by atomic mass is 10.1. The molecule has 0 radical (unpaired) electrons. The quantitative estimate of drug-likeness (QED) is 0.546. The van der Waals surface area contributed by atoms with E-state index in [0.29, 0.717) is 12.8 Å². The number of unbranched alkanes of at least 4 members (excludes halogenated alkanes) is 2. The second-order valence-corrected chi connectivity index (χ2v) is 5.77. The van der Waals surface area contributed by atoms with Gasteiger partial charge in [0.2, 0.25) is 0 Å². The Labute approximate surface area is 130 Å². The van der Waals surface area contributed by atoms with Crippen LogP contribution in [0.15, 0.2) is 24.5 Å². The van der Waals surface area contributed by atoms with Crippen molar-refractivity contribution < 1.29 is 24.4 Å². The second kappa shape index (κ2) is 7.35. The van der Waals surface area contributed by atoms with Gasteiger partial charge in [0.05, 0.1) is 6.04 Å². The van der Waals surface area contributed by atoms with E-state index < -0.39 is 12.1 Å². The van der Waals surface area contributed by atoms with Gasteiger partial charge in [-0.15, -0.1) is 0 Å². The van der Waals surface area contributed by atoms with Crippen molar-refractivity contribution in [2.24, 2.45) is 0 Å². The maximum atomic E-state index is 11.7. The van der Waals surface area contributed by atoms with Gasteiger partial charge in [-0.25, -0.2) is 4.57 Å².